The fraction of sp³-hybridized carbons (Fsp3) is 0.300. The van der Waals surface area contributed by atoms with Gasteiger partial charge in [0.15, 0.2) is 0 Å². The summed E-state index contributed by atoms with van der Waals surface area (Å²) in [5, 5.41) is 4.37. The van der Waals surface area contributed by atoms with Crippen LogP contribution >= 0.6 is 0 Å². The molecule has 2 rings (SSSR count). The van der Waals surface area contributed by atoms with Gasteiger partial charge in [0.05, 0.1) is 6.20 Å². The molecular formula is C10H13N5. The van der Waals surface area contributed by atoms with E-state index in [0.717, 1.165) is 11.4 Å². The quantitative estimate of drug-likeness (QED) is 0.803. The van der Waals surface area contributed by atoms with Gasteiger partial charge in [-0.2, -0.15) is 5.10 Å². The summed E-state index contributed by atoms with van der Waals surface area (Å²) in [6.07, 6.45) is 4.94. The highest BCUT2D eigenvalue weighted by molar-refractivity contribution is 5.57. The van der Waals surface area contributed by atoms with E-state index in [1.54, 1.807) is 23.3 Å². The Morgan fingerprint density at radius 2 is 2.07 bits per heavy atom. The van der Waals surface area contributed by atoms with E-state index in [-0.39, 0.29) is 6.04 Å². The van der Waals surface area contributed by atoms with Crippen molar-refractivity contribution in [2.45, 2.75) is 19.9 Å². The summed E-state index contributed by atoms with van der Waals surface area (Å²) >= 11 is 0. The van der Waals surface area contributed by atoms with E-state index in [0.29, 0.717) is 5.82 Å². The molecule has 5 heteroatoms. The van der Waals surface area contributed by atoms with Crippen LogP contribution < -0.4 is 5.73 Å². The first kappa shape index (κ1) is 9.64. The van der Waals surface area contributed by atoms with Crippen LogP contribution in [-0.2, 0) is 0 Å². The maximum Gasteiger partial charge on any atom is 0.122 e. The molecule has 0 spiro atoms. The average Bonchev–Trinajstić information content (AvgIpc) is 2.62. The van der Waals surface area contributed by atoms with Crippen LogP contribution in [0.25, 0.3) is 11.4 Å². The Labute approximate surface area is 88.0 Å². The fourth-order valence-corrected chi connectivity index (χ4v) is 1.38. The van der Waals surface area contributed by atoms with Crippen molar-refractivity contribution < 1.29 is 0 Å². The zero-order chi connectivity index (χ0) is 10.8. The molecule has 0 atom stereocenters. The third-order valence-corrected chi connectivity index (χ3v) is 2.08. The molecule has 0 fully saturated rings. The van der Waals surface area contributed by atoms with Gasteiger partial charge in [-0.3, -0.25) is 9.97 Å². The summed E-state index contributed by atoms with van der Waals surface area (Å²) in [6, 6.07) is 2.06. The van der Waals surface area contributed by atoms with Crippen LogP contribution in [0, 0.1) is 0 Å². The minimum atomic E-state index is 0.246. The highest BCUT2D eigenvalue weighted by Gasteiger charge is 2.09. The molecule has 0 aliphatic heterocycles. The van der Waals surface area contributed by atoms with Crippen molar-refractivity contribution in [3.8, 4) is 11.4 Å². The molecule has 0 bridgehead atoms. The Bertz CT molecular complexity index is 446. The molecular weight excluding hydrogens is 190 g/mol. The van der Waals surface area contributed by atoms with Crippen molar-refractivity contribution in [1.82, 2.24) is 19.7 Å². The van der Waals surface area contributed by atoms with Gasteiger partial charge in [0.25, 0.3) is 0 Å². The van der Waals surface area contributed by atoms with Gasteiger partial charge < -0.3 is 5.73 Å². The monoisotopic (exact) mass is 203 g/mol. The Hall–Kier alpha value is -1.91. The highest BCUT2D eigenvalue weighted by atomic mass is 15.3. The molecule has 0 aliphatic carbocycles. The Morgan fingerprint density at radius 3 is 2.60 bits per heavy atom. The maximum atomic E-state index is 5.83. The van der Waals surface area contributed by atoms with Crippen molar-refractivity contribution in [2.24, 2.45) is 0 Å². The number of rotatable bonds is 2. The molecule has 2 heterocycles. The lowest BCUT2D eigenvalue weighted by molar-refractivity contribution is 0.542. The third-order valence-electron chi connectivity index (χ3n) is 2.08. The number of hydrogen-bond acceptors (Lipinski definition) is 4. The molecule has 0 radical (unpaired) electrons. The van der Waals surface area contributed by atoms with Crippen LogP contribution in [0.2, 0.25) is 0 Å². The minimum absolute atomic E-state index is 0.246. The number of nitrogens with zero attached hydrogens (tertiary/aromatic N) is 4. The second-order valence-electron chi connectivity index (χ2n) is 3.58. The number of hydrogen-bond donors (Lipinski definition) is 1. The van der Waals surface area contributed by atoms with Gasteiger partial charge in [-0.25, -0.2) is 4.68 Å². The molecule has 5 nitrogen and oxygen atoms in total. The molecule has 78 valence electrons. The third kappa shape index (κ3) is 1.81. The normalized spacial score (nSPS) is 10.9. The number of aromatic nitrogens is 4. The smallest absolute Gasteiger partial charge is 0.122 e. The molecule has 0 saturated carbocycles. The van der Waals surface area contributed by atoms with Crippen molar-refractivity contribution in [1.29, 1.82) is 0 Å². The summed E-state index contributed by atoms with van der Waals surface area (Å²) < 4.78 is 1.77. The SMILES string of the molecule is CC(C)n1nc(-c2cnccn2)cc1N. The Balaban J connectivity index is 2.43. The molecule has 0 amide bonds. The molecule has 15 heavy (non-hydrogen) atoms. The second-order valence-corrected chi connectivity index (χ2v) is 3.58. The van der Waals surface area contributed by atoms with Crippen LogP contribution in [0.1, 0.15) is 19.9 Å². The zero-order valence-electron chi connectivity index (χ0n) is 8.75. The molecule has 2 aromatic heterocycles. The van der Waals surface area contributed by atoms with Crippen LogP contribution in [0.3, 0.4) is 0 Å². The summed E-state index contributed by atoms with van der Waals surface area (Å²) in [5.41, 5.74) is 7.33. The molecule has 0 aromatic carbocycles. The van der Waals surface area contributed by atoms with Crippen molar-refractivity contribution in [3.05, 3.63) is 24.7 Å². The lowest BCUT2D eigenvalue weighted by atomic mass is 10.3. The number of nitrogens with two attached hydrogens (primary N) is 1. The zero-order valence-corrected chi connectivity index (χ0v) is 8.75. The van der Waals surface area contributed by atoms with Gasteiger partial charge in [-0.1, -0.05) is 0 Å². The van der Waals surface area contributed by atoms with Gasteiger partial charge >= 0.3 is 0 Å². The summed E-state index contributed by atoms with van der Waals surface area (Å²) in [7, 11) is 0. The molecule has 0 unspecified atom stereocenters. The van der Waals surface area contributed by atoms with Crippen molar-refractivity contribution in [2.75, 3.05) is 5.73 Å². The van der Waals surface area contributed by atoms with E-state index in [2.05, 4.69) is 15.1 Å². The number of anilines is 1. The predicted molar refractivity (Wildman–Crippen MR) is 58.1 cm³/mol. The molecule has 2 aromatic rings. The Morgan fingerprint density at radius 1 is 1.27 bits per heavy atom. The van der Waals surface area contributed by atoms with Gasteiger partial charge in [-0.05, 0) is 13.8 Å². The standard InChI is InChI=1S/C10H13N5/c1-7(2)15-10(11)5-8(14-15)9-6-12-3-4-13-9/h3-7H,11H2,1-2H3. The van der Waals surface area contributed by atoms with Gasteiger partial charge in [-0.15, -0.1) is 0 Å². The predicted octanol–water partition coefficient (Wildman–Crippen LogP) is 1.50. The van der Waals surface area contributed by atoms with Gasteiger partial charge in [0, 0.05) is 24.5 Å². The molecule has 0 saturated heterocycles. The first-order valence-electron chi connectivity index (χ1n) is 4.80. The minimum Gasteiger partial charge on any atom is -0.384 e. The van der Waals surface area contributed by atoms with Crippen molar-refractivity contribution in [3.63, 3.8) is 0 Å². The summed E-state index contributed by atoms with van der Waals surface area (Å²) in [4.78, 5) is 8.16. The first-order chi connectivity index (χ1) is 7.18. The molecule has 2 N–H and O–H groups in total. The van der Waals surface area contributed by atoms with Crippen molar-refractivity contribution >= 4 is 5.82 Å². The van der Waals surface area contributed by atoms with Gasteiger partial charge in [0.1, 0.15) is 17.2 Å². The highest BCUT2D eigenvalue weighted by Crippen LogP contribution is 2.19. The van der Waals surface area contributed by atoms with Crippen LogP contribution in [-0.4, -0.2) is 19.7 Å². The van der Waals surface area contributed by atoms with E-state index in [1.165, 1.54) is 0 Å². The van der Waals surface area contributed by atoms with Crippen LogP contribution in [0.15, 0.2) is 24.7 Å². The van der Waals surface area contributed by atoms with E-state index < -0.39 is 0 Å². The topological polar surface area (TPSA) is 69.6 Å². The van der Waals surface area contributed by atoms with Gasteiger partial charge in [0.2, 0.25) is 0 Å². The van der Waals surface area contributed by atoms with Crippen LogP contribution in [0.4, 0.5) is 5.82 Å². The molecule has 0 aliphatic rings. The first-order valence-corrected chi connectivity index (χ1v) is 4.80. The maximum absolute atomic E-state index is 5.83. The second kappa shape index (κ2) is 3.68. The number of nitrogen functional groups attached to an aromatic ring is 1. The van der Waals surface area contributed by atoms with E-state index >= 15 is 0 Å². The lowest BCUT2D eigenvalue weighted by Gasteiger charge is -2.06. The van der Waals surface area contributed by atoms with Crippen LogP contribution in [0.5, 0.6) is 0 Å². The lowest BCUT2D eigenvalue weighted by Crippen LogP contribution is -2.06. The average molecular weight is 203 g/mol. The summed E-state index contributed by atoms with van der Waals surface area (Å²) in [5.74, 6) is 0.644. The largest absolute Gasteiger partial charge is 0.384 e. The fourth-order valence-electron chi connectivity index (χ4n) is 1.38. The Kier molecular flexibility index (Phi) is 2.37. The van der Waals surface area contributed by atoms with E-state index in [4.69, 9.17) is 5.73 Å². The summed E-state index contributed by atoms with van der Waals surface area (Å²) in [6.45, 7) is 4.06. The van der Waals surface area contributed by atoms with E-state index in [1.807, 2.05) is 19.9 Å². The van der Waals surface area contributed by atoms with E-state index in [9.17, 15) is 0 Å².